The maximum atomic E-state index is 12.6. The zero-order chi connectivity index (χ0) is 14.1. The molecule has 0 radical (unpaired) electrons. The van der Waals surface area contributed by atoms with Gasteiger partial charge >= 0.3 is 5.69 Å². The Balaban J connectivity index is 2.39. The van der Waals surface area contributed by atoms with Gasteiger partial charge in [0.15, 0.2) is 0 Å². The molecule has 4 nitrogen and oxygen atoms in total. The molecule has 0 aliphatic carbocycles. The lowest BCUT2D eigenvalue weighted by Gasteiger charge is -2.02. The number of aromatic nitrogens is 2. The minimum Gasteiger partial charge on any atom is -0.395 e. The van der Waals surface area contributed by atoms with E-state index in [1.807, 2.05) is 30.3 Å². The quantitative estimate of drug-likeness (QED) is 0.805. The van der Waals surface area contributed by atoms with Crippen molar-refractivity contribution in [3.05, 3.63) is 64.0 Å². The summed E-state index contributed by atoms with van der Waals surface area (Å²) in [5, 5.41) is 9.72. The number of imidazole rings is 1. The first-order valence-corrected chi connectivity index (χ1v) is 6.67. The molecule has 0 amide bonds. The second kappa shape index (κ2) is 5.15. The van der Waals surface area contributed by atoms with Crippen LogP contribution in [0.2, 0.25) is 5.02 Å². The maximum Gasteiger partial charge on any atom is 0.333 e. The van der Waals surface area contributed by atoms with Crippen molar-refractivity contribution in [2.75, 3.05) is 6.61 Å². The minimum atomic E-state index is -0.178. The van der Waals surface area contributed by atoms with Crippen LogP contribution in [0.25, 0.3) is 16.7 Å². The van der Waals surface area contributed by atoms with Crippen LogP contribution in [0.15, 0.2) is 53.3 Å². The lowest BCUT2D eigenvalue weighted by Crippen LogP contribution is -2.24. The number of aliphatic hydroxyl groups is 1. The van der Waals surface area contributed by atoms with Gasteiger partial charge in [0.1, 0.15) is 0 Å². The number of halogens is 1. The number of aliphatic hydroxyl groups excluding tert-OH is 1. The van der Waals surface area contributed by atoms with E-state index in [1.165, 1.54) is 0 Å². The van der Waals surface area contributed by atoms with Gasteiger partial charge in [-0.3, -0.25) is 9.13 Å². The number of hydrogen-bond acceptors (Lipinski definition) is 2. The molecule has 2 aromatic carbocycles. The van der Waals surface area contributed by atoms with Gasteiger partial charge in [-0.2, -0.15) is 0 Å². The lowest BCUT2D eigenvalue weighted by atomic mass is 10.3. The summed E-state index contributed by atoms with van der Waals surface area (Å²) in [5.41, 5.74) is 2.10. The Bertz CT molecular complexity index is 806. The van der Waals surface area contributed by atoms with Crippen LogP contribution in [0.4, 0.5) is 0 Å². The average molecular weight is 289 g/mol. The number of rotatable bonds is 3. The van der Waals surface area contributed by atoms with Crippen LogP contribution in [0.1, 0.15) is 0 Å². The van der Waals surface area contributed by atoms with Gasteiger partial charge in [0, 0.05) is 5.02 Å². The van der Waals surface area contributed by atoms with Gasteiger partial charge in [0.05, 0.1) is 29.9 Å². The summed E-state index contributed by atoms with van der Waals surface area (Å²) in [6.45, 7) is 0.174. The third-order valence-corrected chi connectivity index (χ3v) is 3.46. The Morgan fingerprint density at radius 1 is 1.05 bits per heavy atom. The Labute approximate surface area is 120 Å². The Morgan fingerprint density at radius 3 is 2.50 bits per heavy atom. The van der Waals surface area contributed by atoms with E-state index in [2.05, 4.69) is 0 Å². The van der Waals surface area contributed by atoms with Gasteiger partial charge in [-0.1, -0.05) is 29.8 Å². The monoisotopic (exact) mass is 288 g/mol. The topological polar surface area (TPSA) is 47.2 Å². The van der Waals surface area contributed by atoms with Crippen molar-refractivity contribution in [2.24, 2.45) is 0 Å². The molecule has 3 rings (SSSR count). The predicted octanol–water partition coefficient (Wildman–Crippen LogP) is 2.44. The molecule has 1 heterocycles. The number of para-hydroxylation sites is 1. The molecule has 1 N–H and O–H groups in total. The van der Waals surface area contributed by atoms with Crippen LogP contribution < -0.4 is 5.69 Å². The Hall–Kier alpha value is -2.04. The summed E-state index contributed by atoms with van der Waals surface area (Å²) >= 11 is 6.04. The first-order valence-electron chi connectivity index (χ1n) is 6.29. The lowest BCUT2D eigenvalue weighted by molar-refractivity contribution is 0.276. The van der Waals surface area contributed by atoms with E-state index in [4.69, 9.17) is 16.7 Å². The fourth-order valence-corrected chi connectivity index (χ4v) is 2.54. The largest absolute Gasteiger partial charge is 0.395 e. The summed E-state index contributed by atoms with van der Waals surface area (Å²) in [4.78, 5) is 12.6. The molecule has 0 aliphatic heterocycles. The Kier molecular flexibility index (Phi) is 3.34. The highest BCUT2D eigenvalue weighted by atomic mass is 35.5. The van der Waals surface area contributed by atoms with Crippen LogP contribution in [-0.4, -0.2) is 20.8 Å². The van der Waals surface area contributed by atoms with Crippen molar-refractivity contribution < 1.29 is 5.11 Å². The predicted molar refractivity (Wildman–Crippen MR) is 79.6 cm³/mol. The summed E-state index contributed by atoms with van der Waals surface area (Å²) in [6.07, 6.45) is 0. The standard InChI is InChI=1S/C15H13ClN2O2/c16-11-6-7-13-14(10-11)18(12-4-2-1-3-5-12)15(20)17(13)8-9-19/h1-7,10,19H,8-9H2. The number of fused-ring (bicyclic) bond motifs is 1. The molecule has 3 aromatic rings. The summed E-state index contributed by atoms with van der Waals surface area (Å²) < 4.78 is 3.16. The van der Waals surface area contributed by atoms with Crippen LogP contribution >= 0.6 is 11.6 Å². The zero-order valence-corrected chi connectivity index (χ0v) is 11.4. The average Bonchev–Trinajstić information content (AvgIpc) is 2.72. The van der Waals surface area contributed by atoms with Crippen molar-refractivity contribution in [1.29, 1.82) is 0 Å². The zero-order valence-electron chi connectivity index (χ0n) is 10.7. The van der Waals surface area contributed by atoms with Crippen LogP contribution in [0.5, 0.6) is 0 Å². The molecule has 0 saturated carbocycles. The van der Waals surface area contributed by atoms with E-state index in [-0.39, 0.29) is 18.8 Å². The smallest absolute Gasteiger partial charge is 0.333 e. The van der Waals surface area contributed by atoms with Gasteiger partial charge in [-0.05, 0) is 30.3 Å². The highest BCUT2D eigenvalue weighted by Gasteiger charge is 2.14. The second-order valence-electron chi connectivity index (χ2n) is 4.46. The number of benzene rings is 2. The maximum absolute atomic E-state index is 12.6. The van der Waals surface area contributed by atoms with Crippen LogP contribution in [-0.2, 0) is 6.54 Å². The molecule has 0 unspecified atom stereocenters. The molecule has 102 valence electrons. The van der Waals surface area contributed by atoms with E-state index in [9.17, 15) is 4.79 Å². The van der Waals surface area contributed by atoms with E-state index in [1.54, 1.807) is 27.3 Å². The first-order chi connectivity index (χ1) is 9.72. The molecule has 0 atom stereocenters. The van der Waals surface area contributed by atoms with E-state index in [0.717, 1.165) is 16.7 Å². The number of hydrogen-bond donors (Lipinski definition) is 1. The van der Waals surface area contributed by atoms with Crippen molar-refractivity contribution in [1.82, 2.24) is 9.13 Å². The fraction of sp³-hybridized carbons (Fsp3) is 0.133. The normalized spacial score (nSPS) is 11.1. The Morgan fingerprint density at radius 2 is 1.80 bits per heavy atom. The number of nitrogens with zero attached hydrogens (tertiary/aromatic N) is 2. The van der Waals surface area contributed by atoms with Crippen LogP contribution in [0.3, 0.4) is 0 Å². The first kappa shape index (κ1) is 13.0. The molecule has 5 heteroatoms. The van der Waals surface area contributed by atoms with E-state index >= 15 is 0 Å². The molecule has 0 aliphatic rings. The molecular weight excluding hydrogens is 276 g/mol. The summed E-state index contributed by atoms with van der Waals surface area (Å²) in [7, 11) is 0. The molecule has 1 aromatic heterocycles. The molecule has 20 heavy (non-hydrogen) atoms. The highest BCUT2D eigenvalue weighted by molar-refractivity contribution is 6.31. The fourth-order valence-electron chi connectivity index (χ4n) is 2.37. The molecule has 0 fully saturated rings. The van der Waals surface area contributed by atoms with Crippen LogP contribution in [0, 0.1) is 0 Å². The van der Waals surface area contributed by atoms with Gasteiger partial charge < -0.3 is 5.11 Å². The van der Waals surface area contributed by atoms with Crippen molar-refractivity contribution >= 4 is 22.6 Å². The van der Waals surface area contributed by atoms with Crippen molar-refractivity contribution in [3.63, 3.8) is 0 Å². The summed E-state index contributed by atoms with van der Waals surface area (Å²) in [6, 6.07) is 14.7. The SMILES string of the molecule is O=c1n(CCO)c2ccc(Cl)cc2n1-c1ccccc1. The third-order valence-electron chi connectivity index (χ3n) is 3.23. The van der Waals surface area contributed by atoms with E-state index < -0.39 is 0 Å². The van der Waals surface area contributed by atoms with Gasteiger partial charge in [0.25, 0.3) is 0 Å². The second-order valence-corrected chi connectivity index (χ2v) is 4.90. The van der Waals surface area contributed by atoms with Gasteiger partial charge in [-0.25, -0.2) is 4.79 Å². The minimum absolute atomic E-state index is 0.0869. The van der Waals surface area contributed by atoms with Crippen molar-refractivity contribution in [3.8, 4) is 5.69 Å². The summed E-state index contributed by atoms with van der Waals surface area (Å²) in [5.74, 6) is 0. The van der Waals surface area contributed by atoms with E-state index in [0.29, 0.717) is 5.02 Å². The molecular formula is C15H13ClN2O2. The van der Waals surface area contributed by atoms with Gasteiger partial charge in [0.2, 0.25) is 0 Å². The molecule has 0 saturated heterocycles. The molecule has 0 bridgehead atoms. The molecule has 0 spiro atoms. The third kappa shape index (κ3) is 2.03. The van der Waals surface area contributed by atoms with Gasteiger partial charge in [-0.15, -0.1) is 0 Å². The highest BCUT2D eigenvalue weighted by Crippen LogP contribution is 2.21. The van der Waals surface area contributed by atoms with Crippen molar-refractivity contribution in [2.45, 2.75) is 6.54 Å².